The van der Waals surface area contributed by atoms with Crippen LogP contribution in [0.4, 0.5) is 0 Å². The molecule has 1 aromatic carbocycles. The van der Waals surface area contributed by atoms with Crippen molar-refractivity contribution in [1.29, 1.82) is 0 Å². The van der Waals surface area contributed by atoms with E-state index in [-0.39, 0.29) is 31.3 Å². The topological polar surface area (TPSA) is 81.2 Å². The van der Waals surface area contributed by atoms with Crippen LogP contribution >= 0.6 is 22.7 Å². The van der Waals surface area contributed by atoms with E-state index in [9.17, 15) is 9.59 Å². The Morgan fingerprint density at radius 2 is 1.81 bits per heavy atom. The van der Waals surface area contributed by atoms with Gasteiger partial charge in [0.2, 0.25) is 5.91 Å². The van der Waals surface area contributed by atoms with Crippen LogP contribution in [0.2, 0.25) is 0 Å². The molecule has 1 amide bonds. The zero-order valence-corrected chi connectivity index (χ0v) is 16.4. The molecule has 0 saturated heterocycles. The number of aryl methyl sites for hydroxylation is 1. The van der Waals surface area contributed by atoms with Crippen LogP contribution in [-0.2, 0) is 40.3 Å². The minimum atomic E-state index is -0.338. The van der Waals surface area contributed by atoms with Crippen molar-refractivity contribution in [2.24, 2.45) is 0 Å². The highest BCUT2D eigenvalue weighted by Crippen LogP contribution is 2.13. The van der Waals surface area contributed by atoms with Crippen LogP contribution in [0, 0.1) is 6.92 Å². The first kappa shape index (κ1) is 19.2. The third-order valence-corrected chi connectivity index (χ3v) is 5.34. The van der Waals surface area contributed by atoms with E-state index in [1.165, 1.54) is 22.7 Å². The van der Waals surface area contributed by atoms with Gasteiger partial charge in [0.1, 0.15) is 11.6 Å². The fraction of sp³-hybridized carbons (Fsp3) is 0.263. The van der Waals surface area contributed by atoms with Crippen LogP contribution < -0.4 is 5.32 Å². The predicted octanol–water partition coefficient (Wildman–Crippen LogP) is 3.05. The van der Waals surface area contributed by atoms with Crippen molar-refractivity contribution in [3.63, 3.8) is 0 Å². The Morgan fingerprint density at radius 3 is 2.56 bits per heavy atom. The van der Waals surface area contributed by atoms with Gasteiger partial charge in [0, 0.05) is 17.3 Å². The molecule has 1 N–H and O–H groups in total. The summed E-state index contributed by atoms with van der Waals surface area (Å²) in [5.41, 5.74) is 2.41. The average Bonchev–Trinajstić information content (AvgIpc) is 3.28. The fourth-order valence-corrected chi connectivity index (χ4v) is 3.73. The van der Waals surface area contributed by atoms with Gasteiger partial charge in [0.05, 0.1) is 29.2 Å². The molecule has 0 fully saturated rings. The van der Waals surface area contributed by atoms with E-state index >= 15 is 0 Å². The van der Waals surface area contributed by atoms with E-state index in [4.69, 9.17) is 4.74 Å². The zero-order chi connectivity index (χ0) is 19.1. The third-order valence-electron chi connectivity index (χ3n) is 3.62. The van der Waals surface area contributed by atoms with Crippen LogP contribution in [0.5, 0.6) is 0 Å². The quantitative estimate of drug-likeness (QED) is 0.587. The lowest BCUT2D eigenvalue weighted by atomic mass is 10.2. The molecular weight excluding hydrogens is 382 g/mol. The number of esters is 1. The van der Waals surface area contributed by atoms with Crippen LogP contribution in [0.3, 0.4) is 0 Å². The number of hydrogen-bond donors (Lipinski definition) is 1. The molecule has 0 radical (unpaired) electrons. The first-order valence-electron chi connectivity index (χ1n) is 8.39. The Kier molecular flexibility index (Phi) is 6.67. The largest absolute Gasteiger partial charge is 0.459 e. The van der Waals surface area contributed by atoms with Crippen LogP contribution in [0.15, 0.2) is 41.1 Å². The molecule has 27 heavy (non-hydrogen) atoms. The summed E-state index contributed by atoms with van der Waals surface area (Å²) >= 11 is 2.89. The number of thiazole rings is 2. The van der Waals surface area contributed by atoms with E-state index in [1.807, 2.05) is 42.6 Å². The molecule has 0 saturated carbocycles. The zero-order valence-electron chi connectivity index (χ0n) is 14.8. The Hall–Kier alpha value is -2.58. The molecule has 6 nitrogen and oxygen atoms in total. The summed E-state index contributed by atoms with van der Waals surface area (Å²) in [7, 11) is 0. The monoisotopic (exact) mass is 401 g/mol. The van der Waals surface area contributed by atoms with Crippen molar-refractivity contribution < 1.29 is 14.3 Å². The highest BCUT2D eigenvalue weighted by atomic mass is 32.1. The normalized spacial score (nSPS) is 10.6. The summed E-state index contributed by atoms with van der Waals surface area (Å²) in [5.74, 6) is -0.425. The van der Waals surface area contributed by atoms with Crippen LogP contribution in [0.1, 0.15) is 27.0 Å². The summed E-state index contributed by atoms with van der Waals surface area (Å²) in [6, 6.07) is 9.73. The maximum Gasteiger partial charge on any atom is 0.312 e. The number of ether oxygens (including phenoxy) is 1. The Labute approximate surface area is 165 Å². The van der Waals surface area contributed by atoms with Crippen LogP contribution in [0.25, 0.3) is 0 Å². The third kappa shape index (κ3) is 6.26. The van der Waals surface area contributed by atoms with E-state index in [0.29, 0.717) is 17.2 Å². The number of rotatable bonds is 8. The predicted molar refractivity (Wildman–Crippen MR) is 104 cm³/mol. The number of amides is 1. The SMILES string of the molecule is Cc1nc(CC(=O)OCc2csc(CC(=O)NCc3ccccc3)n2)cs1. The van der Waals surface area contributed by atoms with Crippen molar-refractivity contribution >= 4 is 34.6 Å². The number of carbonyl (C=O) groups excluding carboxylic acids is 2. The van der Waals surface area contributed by atoms with Gasteiger partial charge in [-0.15, -0.1) is 22.7 Å². The van der Waals surface area contributed by atoms with Crippen molar-refractivity contribution in [3.8, 4) is 0 Å². The number of carbonyl (C=O) groups is 2. The number of hydrogen-bond acceptors (Lipinski definition) is 7. The van der Waals surface area contributed by atoms with Gasteiger partial charge >= 0.3 is 5.97 Å². The molecule has 0 aliphatic carbocycles. The first-order chi connectivity index (χ1) is 13.1. The van der Waals surface area contributed by atoms with Gasteiger partial charge in [-0.3, -0.25) is 9.59 Å². The van der Waals surface area contributed by atoms with Gasteiger partial charge in [-0.25, -0.2) is 9.97 Å². The van der Waals surface area contributed by atoms with E-state index in [1.54, 1.807) is 5.38 Å². The highest BCUT2D eigenvalue weighted by molar-refractivity contribution is 7.10. The molecule has 0 atom stereocenters. The highest BCUT2D eigenvalue weighted by Gasteiger charge is 2.11. The van der Waals surface area contributed by atoms with Gasteiger partial charge in [-0.05, 0) is 12.5 Å². The molecular formula is C19H19N3O3S2. The maximum atomic E-state index is 12.0. The molecule has 0 aliphatic rings. The van der Waals surface area contributed by atoms with Gasteiger partial charge in [0.15, 0.2) is 0 Å². The Bertz CT molecular complexity index is 906. The number of nitrogens with one attached hydrogen (secondary N) is 1. The lowest BCUT2D eigenvalue weighted by Crippen LogP contribution is -2.24. The number of nitrogens with zero attached hydrogens (tertiary/aromatic N) is 2. The van der Waals surface area contributed by atoms with E-state index < -0.39 is 0 Å². The summed E-state index contributed by atoms with van der Waals surface area (Å²) in [5, 5.41) is 8.15. The summed E-state index contributed by atoms with van der Waals surface area (Å²) in [6.45, 7) is 2.49. The maximum absolute atomic E-state index is 12.0. The second-order valence-electron chi connectivity index (χ2n) is 5.87. The molecule has 3 rings (SSSR count). The van der Waals surface area contributed by atoms with Crippen molar-refractivity contribution in [3.05, 3.63) is 68.1 Å². The lowest BCUT2D eigenvalue weighted by molar-refractivity contribution is -0.144. The smallest absolute Gasteiger partial charge is 0.312 e. The van der Waals surface area contributed by atoms with Crippen molar-refractivity contribution in [2.45, 2.75) is 32.9 Å². The number of aromatic nitrogens is 2. The lowest BCUT2D eigenvalue weighted by Gasteiger charge is -2.04. The van der Waals surface area contributed by atoms with E-state index in [0.717, 1.165) is 16.3 Å². The molecule has 0 spiro atoms. The second-order valence-corrected chi connectivity index (χ2v) is 7.87. The summed E-state index contributed by atoms with van der Waals surface area (Å²) < 4.78 is 5.23. The first-order valence-corrected chi connectivity index (χ1v) is 10.1. The Balaban J connectivity index is 1.41. The molecule has 2 aromatic heterocycles. The molecule has 0 unspecified atom stereocenters. The van der Waals surface area contributed by atoms with Crippen molar-refractivity contribution in [1.82, 2.24) is 15.3 Å². The second kappa shape index (κ2) is 9.38. The minimum Gasteiger partial charge on any atom is -0.459 e. The minimum absolute atomic E-state index is 0.0874. The van der Waals surface area contributed by atoms with Gasteiger partial charge in [-0.2, -0.15) is 0 Å². The van der Waals surface area contributed by atoms with Crippen molar-refractivity contribution in [2.75, 3.05) is 0 Å². The molecule has 8 heteroatoms. The molecule has 2 heterocycles. The summed E-state index contributed by atoms with van der Waals surface area (Å²) in [6.07, 6.45) is 0.368. The average molecular weight is 402 g/mol. The molecule has 0 aliphatic heterocycles. The standard InChI is InChI=1S/C19H19N3O3S2/c1-13-21-15(11-26-13)7-19(24)25-10-16-12-27-18(22-16)8-17(23)20-9-14-5-3-2-4-6-14/h2-6,11-12H,7-10H2,1H3,(H,20,23). The van der Waals surface area contributed by atoms with E-state index in [2.05, 4.69) is 15.3 Å². The van der Waals surface area contributed by atoms with Gasteiger partial charge in [0.25, 0.3) is 0 Å². The molecule has 3 aromatic rings. The molecule has 0 bridgehead atoms. The van der Waals surface area contributed by atoms with Gasteiger partial charge < -0.3 is 10.1 Å². The summed E-state index contributed by atoms with van der Waals surface area (Å²) in [4.78, 5) is 32.5. The number of benzene rings is 1. The molecule has 140 valence electrons. The fourth-order valence-electron chi connectivity index (χ4n) is 2.34. The van der Waals surface area contributed by atoms with Crippen LogP contribution in [-0.4, -0.2) is 21.8 Å². The Morgan fingerprint density at radius 1 is 1.04 bits per heavy atom. The van der Waals surface area contributed by atoms with Gasteiger partial charge in [-0.1, -0.05) is 30.3 Å².